The summed E-state index contributed by atoms with van der Waals surface area (Å²) in [6, 6.07) is 0. The molecule has 0 aromatic carbocycles. The van der Waals surface area contributed by atoms with Crippen molar-refractivity contribution in [3.8, 4) is 0 Å². The second-order valence-corrected chi connectivity index (χ2v) is 5.49. The molecule has 0 N–H and O–H groups in total. The van der Waals surface area contributed by atoms with Crippen molar-refractivity contribution in [3.63, 3.8) is 0 Å². The van der Waals surface area contributed by atoms with Gasteiger partial charge < -0.3 is 0 Å². The van der Waals surface area contributed by atoms with Crippen molar-refractivity contribution in [2.45, 2.75) is 32.9 Å². The zero-order chi connectivity index (χ0) is 7.28. The maximum atomic E-state index is 2.29. The van der Waals surface area contributed by atoms with Crippen molar-refractivity contribution < 1.29 is 0 Å². The predicted octanol–water partition coefficient (Wildman–Crippen LogP) is 3.43. The van der Waals surface area contributed by atoms with Gasteiger partial charge in [-0.05, 0) is 5.92 Å². The first-order valence-electron chi connectivity index (χ1n) is 3.46. The van der Waals surface area contributed by atoms with Crippen LogP contribution in [0, 0.1) is 5.92 Å². The first-order valence-corrected chi connectivity index (χ1v) is 5.85. The normalized spacial score (nSPS) is 14.3. The van der Waals surface area contributed by atoms with E-state index in [9.17, 15) is 0 Å². The quantitative estimate of drug-likeness (QED) is 0.584. The Morgan fingerprint density at radius 1 is 1.22 bits per heavy atom. The Morgan fingerprint density at radius 3 is 2.11 bits per heavy atom. The summed E-state index contributed by atoms with van der Waals surface area (Å²) in [5.74, 6) is 2.04. The standard InChI is InChI=1S/C7H16S2/c1-5-8-9-7(4)6(2)3/h6-7H,5H2,1-4H3/t7-/m1/s1. The Hall–Kier alpha value is 0.700. The molecule has 9 heavy (non-hydrogen) atoms. The monoisotopic (exact) mass is 164 g/mol. The molecule has 0 saturated carbocycles. The predicted molar refractivity (Wildman–Crippen MR) is 50.0 cm³/mol. The molecule has 2 heteroatoms. The van der Waals surface area contributed by atoms with Crippen molar-refractivity contribution >= 4 is 21.6 Å². The first kappa shape index (κ1) is 9.70. The molecule has 0 rings (SSSR count). The fraction of sp³-hybridized carbons (Fsp3) is 1.00. The van der Waals surface area contributed by atoms with Crippen LogP contribution < -0.4 is 0 Å². The Balaban J connectivity index is 3.16. The van der Waals surface area contributed by atoms with Crippen LogP contribution in [-0.2, 0) is 0 Å². The van der Waals surface area contributed by atoms with Crippen LogP contribution in [0.2, 0.25) is 0 Å². The lowest BCUT2D eigenvalue weighted by Gasteiger charge is -2.12. The molecule has 0 saturated heterocycles. The van der Waals surface area contributed by atoms with E-state index in [2.05, 4.69) is 27.7 Å². The van der Waals surface area contributed by atoms with Crippen LogP contribution in [0.25, 0.3) is 0 Å². The highest BCUT2D eigenvalue weighted by molar-refractivity contribution is 8.76. The molecule has 0 radical (unpaired) electrons. The molecule has 0 bridgehead atoms. The minimum Gasteiger partial charge on any atom is -0.0942 e. The van der Waals surface area contributed by atoms with E-state index in [4.69, 9.17) is 0 Å². The fourth-order valence-corrected chi connectivity index (χ4v) is 2.58. The van der Waals surface area contributed by atoms with Crippen molar-refractivity contribution in [2.75, 3.05) is 5.75 Å². The van der Waals surface area contributed by atoms with Crippen LogP contribution in [-0.4, -0.2) is 11.0 Å². The van der Waals surface area contributed by atoms with E-state index in [0.717, 1.165) is 11.2 Å². The van der Waals surface area contributed by atoms with Gasteiger partial charge >= 0.3 is 0 Å². The lowest BCUT2D eigenvalue weighted by atomic mass is 10.2. The van der Waals surface area contributed by atoms with Crippen LogP contribution in [0.4, 0.5) is 0 Å². The number of hydrogen-bond acceptors (Lipinski definition) is 2. The first-order chi connectivity index (χ1) is 4.18. The smallest absolute Gasteiger partial charge is 0.0146 e. The average Bonchev–Trinajstić information content (AvgIpc) is 1.82. The summed E-state index contributed by atoms with van der Waals surface area (Å²) in [6.45, 7) is 9.03. The largest absolute Gasteiger partial charge is 0.0942 e. The van der Waals surface area contributed by atoms with Gasteiger partial charge in [0.25, 0.3) is 0 Å². The third-order valence-corrected chi connectivity index (χ3v) is 4.52. The lowest BCUT2D eigenvalue weighted by Crippen LogP contribution is -2.03. The summed E-state index contributed by atoms with van der Waals surface area (Å²) < 4.78 is 0. The molecule has 0 aliphatic heterocycles. The molecule has 0 amide bonds. The Kier molecular flexibility index (Phi) is 5.91. The zero-order valence-corrected chi connectivity index (χ0v) is 8.31. The van der Waals surface area contributed by atoms with Gasteiger partial charge in [-0.15, -0.1) is 0 Å². The number of hydrogen-bond donors (Lipinski definition) is 0. The molecule has 0 spiro atoms. The third-order valence-electron chi connectivity index (χ3n) is 1.28. The fourth-order valence-electron chi connectivity index (χ4n) is 0.286. The summed E-state index contributed by atoms with van der Waals surface area (Å²) in [6.07, 6.45) is 0. The van der Waals surface area contributed by atoms with Crippen LogP contribution in [0.3, 0.4) is 0 Å². The molecule has 56 valence electrons. The van der Waals surface area contributed by atoms with Gasteiger partial charge in [-0.2, -0.15) is 0 Å². The van der Waals surface area contributed by atoms with E-state index >= 15 is 0 Å². The molecule has 0 unspecified atom stereocenters. The Bertz CT molecular complexity index is 61.9. The van der Waals surface area contributed by atoms with Gasteiger partial charge in [0.15, 0.2) is 0 Å². The topological polar surface area (TPSA) is 0 Å². The molecular weight excluding hydrogens is 148 g/mol. The summed E-state index contributed by atoms with van der Waals surface area (Å²) in [4.78, 5) is 0. The minimum absolute atomic E-state index is 0.801. The van der Waals surface area contributed by atoms with Crippen LogP contribution in [0.1, 0.15) is 27.7 Å². The second kappa shape index (κ2) is 5.48. The van der Waals surface area contributed by atoms with Crippen molar-refractivity contribution in [2.24, 2.45) is 5.92 Å². The lowest BCUT2D eigenvalue weighted by molar-refractivity contribution is 0.645. The minimum atomic E-state index is 0.801. The van der Waals surface area contributed by atoms with Gasteiger partial charge in [0.2, 0.25) is 0 Å². The van der Waals surface area contributed by atoms with Gasteiger partial charge in [0, 0.05) is 11.0 Å². The zero-order valence-electron chi connectivity index (χ0n) is 6.68. The highest BCUT2D eigenvalue weighted by Crippen LogP contribution is 2.29. The molecule has 0 nitrogen and oxygen atoms in total. The van der Waals surface area contributed by atoms with Crippen molar-refractivity contribution in [1.82, 2.24) is 0 Å². The summed E-state index contributed by atoms with van der Waals surface area (Å²) in [7, 11) is 3.96. The summed E-state index contributed by atoms with van der Waals surface area (Å²) in [5, 5.41) is 0.801. The van der Waals surface area contributed by atoms with Gasteiger partial charge in [-0.3, -0.25) is 0 Å². The highest BCUT2D eigenvalue weighted by Gasteiger charge is 2.05. The molecular formula is C7H16S2. The molecule has 0 aliphatic carbocycles. The van der Waals surface area contributed by atoms with E-state index < -0.39 is 0 Å². The molecule has 0 aromatic heterocycles. The summed E-state index contributed by atoms with van der Waals surface area (Å²) in [5.41, 5.74) is 0. The number of rotatable bonds is 4. The van der Waals surface area contributed by atoms with Crippen LogP contribution in [0.15, 0.2) is 0 Å². The van der Waals surface area contributed by atoms with E-state index in [-0.39, 0.29) is 0 Å². The molecule has 0 heterocycles. The Labute approximate surface area is 66.6 Å². The highest BCUT2D eigenvalue weighted by atomic mass is 33.1. The maximum absolute atomic E-state index is 2.29. The maximum Gasteiger partial charge on any atom is 0.0146 e. The molecule has 0 aliphatic rings. The van der Waals surface area contributed by atoms with E-state index in [1.54, 1.807) is 0 Å². The second-order valence-electron chi connectivity index (χ2n) is 2.45. The van der Waals surface area contributed by atoms with Crippen LogP contribution in [0.5, 0.6) is 0 Å². The van der Waals surface area contributed by atoms with Gasteiger partial charge in [-0.1, -0.05) is 49.3 Å². The Morgan fingerprint density at radius 2 is 1.78 bits per heavy atom. The van der Waals surface area contributed by atoms with E-state index in [1.165, 1.54) is 5.75 Å². The van der Waals surface area contributed by atoms with Gasteiger partial charge in [-0.25, -0.2) is 0 Å². The van der Waals surface area contributed by atoms with E-state index in [1.807, 2.05) is 21.6 Å². The van der Waals surface area contributed by atoms with Gasteiger partial charge in [0.05, 0.1) is 0 Å². The SMILES string of the molecule is CCSS[C@H](C)C(C)C. The van der Waals surface area contributed by atoms with Crippen LogP contribution >= 0.6 is 21.6 Å². The average molecular weight is 164 g/mol. The van der Waals surface area contributed by atoms with Gasteiger partial charge in [0.1, 0.15) is 0 Å². The molecule has 0 fully saturated rings. The van der Waals surface area contributed by atoms with E-state index in [0.29, 0.717) is 0 Å². The molecule has 1 atom stereocenters. The van der Waals surface area contributed by atoms with Crippen molar-refractivity contribution in [1.29, 1.82) is 0 Å². The summed E-state index contributed by atoms with van der Waals surface area (Å²) >= 11 is 0. The van der Waals surface area contributed by atoms with Crippen molar-refractivity contribution in [3.05, 3.63) is 0 Å². The third kappa shape index (κ3) is 5.16. The molecule has 0 aromatic rings.